The smallest absolute Gasteiger partial charge is 0.319 e. The zero-order valence-electron chi connectivity index (χ0n) is 35.4. The molecule has 0 radical (unpaired) electrons. The van der Waals surface area contributed by atoms with Crippen LogP contribution in [-0.2, 0) is 32.8 Å². The second-order valence-electron chi connectivity index (χ2n) is 16.6. The number of aryl methyl sites for hydroxylation is 1. The van der Waals surface area contributed by atoms with Crippen molar-refractivity contribution >= 4 is 60.4 Å². The molecule has 1 aromatic heterocycles. The number of carbonyl (C=O) groups is 7. The molecule has 3 N–H and O–H groups in total. The molecule has 1 unspecified atom stereocenters. The van der Waals surface area contributed by atoms with Gasteiger partial charge in [-0.15, -0.1) is 0 Å². The number of likely N-dealkylation sites (N-methyl/N-ethyl adjacent to an activating group) is 1. The minimum Gasteiger partial charge on any atom is -0.381 e. The zero-order chi connectivity index (χ0) is 43.4. The van der Waals surface area contributed by atoms with Crippen LogP contribution in [0.25, 0.3) is 0 Å². The van der Waals surface area contributed by atoms with Gasteiger partial charge >= 0.3 is 6.03 Å². The van der Waals surface area contributed by atoms with Gasteiger partial charge in [0.15, 0.2) is 17.4 Å². The first-order valence-electron chi connectivity index (χ1n) is 20.7. The van der Waals surface area contributed by atoms with Crippen molar-refractivity contribution in [1.29, 1.82) is 0 Å². The highest BCUT2D eigenvalue weighted by Gasteiger charge is 2.46. The number of amides is 5. The summed E-state index contributed by atoms with van der Waals surface area (Å²) in [4.78, 5) is 95.5. The van der Waals surface area contributed by atoms with Crippen molar-refractivity contribution in [2.24, 2.45) is 0 Å². The third-order valence-corrected chi connectivity index (χ3v) is 11.7. The summed E-state index contributed by atoms with van der Waals surface area (Å²) in [7, 11) is 3.92. The van der Waals surface area contributed by atoms with Crippen LogP contribution in [0.15, 0.2) is 72.8 Å². The summed E-state index contributed by atoms with van der Waals surface area (Å²) in [5.74, 6) is -1.72. The summed E-state index contributed by atoms with van der Waals surface area (Å²) in [5, 5.41) is 13.5. The number of benzene rings is 3. The normalized spacial score (nSPS) is 17.1. The Labute approximate surface area is 367 Å². The Bertz CT molecular complexity index is 2360. The number of nitrogens with zero attached hydrogens (tertiary/aromatic N) is 4. The van der Waals surface area contributed by atoms with Crippen LogP contribution in [-0.4, -0.2) is 106 Å². The lowest BCUT2D eigenvalue weighted by molar-refractivity contribution is -0.132. The number of H-pyrrole nitrogens is 1. The number of ether oxygens (including phenoxy) is 1. The Morgan fingerprint density at radius 1 is 0.919 bits per heavy atom. The van der Waals surface area contributed by atoms with Crippen molar-refractivity contribution in [2.75, 3.05) is 39.2 Å². The SMILES string of the molecule is CN(C)C[C@@H](NC(=O)N1Cc2c(NC(=O)c3ccc(C(=O)CCCOCCCc4cccc5c4C(=O)N(C4CCC(=O)CC4=O)C5=O)cc3)n[nH]c2C1(C)C)c1ccccc1.S. The maximum atomic E-state index is 13.7. The first-order valence-corrected chi connectivity index (χ1v) is 20.7. The fourth-order valence-corrected chi connectivity index (χ4v) is 8.39. The summed E-state index contributed by atoms with van der Waals surface area (Å²) in [5.41, 5.74) is 3.83. The number of hydrogen-bond donors (Lipinski definition) is 3. The Hall–Kier alpha value is -5.97. The van der Waals surface area contributed by atoms with Gasteiger partial charge in [0, 0.05) is 49.3 Å². The predicted molar refractivity (Wildman–Crippen MR) is 236 cm³/mol. The molecule has 0 bridgehead atoms. The van der Waals surface area contributed by atoms with Crippen molar-refractivity contribution < 1.29 is 38.3 Å². The zero-order valence-corrected chi connectivity index (χ0v) is 36.4. The van der Waals surface area contributed by atoms with Gasteiger partial charge in [0.2, 0.25) is 0 Å². The molecule has 1 aliphatic carbocycles. The second kappa shape index (κ2) is 19.4. The van der Waals surface area contributed by atoms with Crippen molar-refractivity contribution in [3.05, 3.63) is 117 Å². The number of hydrogen-bond acceptors (Lipinski definition) is 10. The number of ketones is 3. The number of Topliss-reactive ketones (excluding diaryl/α,β-unsaturated/α-hetero) is 3. The van der Waals surface area contributed by atoms with E-state index in [0.717, 1.165) is 21.7 Å². The minimum atomic E-state index is -0.911. The van der Waals surface area contributed by atoms with Crippen LogP contribution < -0.4 is 10.6 Å². The highest BCUT2D eigenvalue weighted by Crippen LogP contribution is 2.41. The third kappa shape index (κ3) is 9.57. The maximum absolute atomic E-state index is 13.7. The molecule has 0 saturated heterocycles. The number of aromatic amines is 1. The topological polar surface area (TPSA) is 191 Å². The van der Waals surface area contributed by atoms with Crippen LogP contribution in [0.5, 0.6) is 0 Å². The highest BCUT2D eigenvalue weighted by atomic mass is 32.1. The van der Waals surface area contributed by atoms with Crippen molar-refractivity contribution in [1.82, 2.24) is 30.2 Å². The molecular formula is C46H53N7O8S. The molecule has 2 aliphatic heterocycles. The van der Waals surface area contributed by atoms with Crippen molar-refractivity contribution in [2.45, 2.75) is 83.0 Å². The number of anilines is 1. The van der Waals surface area contributed by atoms with E-state index in [1.54, 1.807) is 47.4 Å². The van der Waals surface area contributed by atoms with E-state index in [4.69, 9.17) is 4.74 Å². The van der Waals surface area contributed by atoms with Crippen LogP contribution in [0.1, 0.15) is 122 Å². The second-order valence-corrected chi connectivity index (χ2v) is 16.6. The van der Waals surface area contributed by atoms with Gasteiger partial charge in [0.05, 0.1) is 47.4 Å². The molecule has 3 heterocycles. The van der Waals surface area contributed by atoms with E-state index in [1.807, 2.05) is 63.2 Å². The molecule has 326 valence electrons. The Balaban J connectivity index is 0.00000641. The van der Waals surface area contributed by atoms with E-state index in [0.29, 0.717) is 67.1 Å². The summed E-state index contributed by atoms with van der Waals surface area (Å²) >= 11 is 0. The van der Waals surface area contributed by atoms with Crippen LogP contribution >= 0.6 is 13.5 Å². The lowest BCUT2D eigenvalue weighted by Gasteiger charge is -2.34. The quantitative estimate of drug-likeness (QED) is 0.0542. The molecule has 2 atom stereocenters. The summed E-state index contributed by atoms with van der Waals surface area (Å²) < 4.78 is 5.78. The molecule has 1 saturated carbocycles. The highest BCUT2D eigenvalue weighted by molar-refractivity contribution is 7.59. The van der Waals surface area contributed by atoms with Crippen molar-refractivity contribution in [3.63, 3.8) is 0 Å². The fourth-order valence-electron chi connectivity index (χ4n) is 8.39. The first-order chi connectivity index (χ1) is 29.2. The first kappa shape index (κ1) is 45.6. The van der Waals surface area contributed by atoms with Gasteiger partial charge in [0.25, 0.3) is 17.7 Å². The van der Waals surface area contributed by atoms with E-state index in [9.17, 15) is 33.6 Å². The van der Waals surface area contributed by atoms with Crippen LogP contribution in [0.2, 0.25) is 0 Å². The summed E-state index contributed by atoms with van der Waals surface area (Å²) in [6, 6.07) is 20.0. The monoisotopic (exact) mass is 863 g/mol. The molecule has 3 aromatic carbocycles. The standard InChI is InChI=1S/C46H51N7O8.H2S/c1-46(2)40-34(26-52(46)45(60)47-35(27-51(3)4)28-11-6-5-7-12-28)41(50-49-40)48-42(57)31-19-17-29(18-20-31)37(55)16-10-24-61-23-9-14-30-13-8-15-33-39(30)44(59)53(43(33)58)36-22-21-32(54)25-38(36)56;/h5-8,11-13,15,17-20,35-36H,9-10,14,16,21-27H2,1-4H3,(H,47,60)(H2,48,49,50,57);1H2/t35-,36?;/m1./s1. The van der Waals surface area contributed by atoms with E-state index < -0.39 is 35.1 Å². The van der Waals surface area contributed by atoms with Gasteiger partial charge in [-0.05, 0) is 83.0 Å². The molecule has 16 heteroatoms. The fraction of sp³-hybridized carbons (Fsp3) is 0.391. The van der Waals surface area contributed by atoms with Gasteiger partial charge in [-0.3, -0.25) is 38.8 Å². The van der Waals surface area contributed by atoms with E-state index in [1.165, 1.54) is 0 Å². The number of fused-ring (bicyclic) bond motifs is 2. The molecule has 4 aromatic rings. The molecule has 1 fully saturated rings. The number of carbonyl (C=O) groups excluding carboxylic acids is 7. The number of imide groups is 1. The summed E-state index contributed by atoms with van der Waals surface area (Å²) in [6.07, 6.45) is 1.85. The number of aromatic nitrogens is 2. The van der Waals surface area contributed by atoms with E-state index >= 15 is 0 Å². The Morgan fingerprint density at radius 2 is 1.63 bits per heavy atom. The molecule has 15 nitrogen and oxygen atoms in total. The van der Waals surface area contributed by atoms with Gasteiger partial charge < -0.3 is 25.2 Å². The largest absolute Gasteiger partial charge is 0.381 e. The number of urea groups is 1. The van der Waals surface area contributed by atoms with Gasteiger partial charge in [-0.1, -0.05) is 54.6 Å². The molecule has 7 rings (SSSR count). The number of rotatable bonds is 16. The lowest BCUT2D eigenvalue weighted by Crippen LogP contribution is -2.48. The Kier molecular flexibility index (Phi) is 14.2. The third-order valence-electron chi connectivity index (χ3n) is 11.7. The van der Waals surface area contributed by atoms with Crippen LogP contribution in [0.4, 0.5) is 10.6 Å². The minimum absolute atomic E-state index is 0. The summed E-state index contributed by atoms with van der Waals surface area (Å²) in [6.45, 7) is 5.45. The Morgan fingerprint density at radius 3 is 2.34 bits per heavy atom. The van der Waals surface area contributed by atoms with Crippen LogP contribution in [0, 0.1) is 0 Å². The lowest BCUT2D eigenvalue weighted by atomic mass is 9.92. The van der Waals surface area contributed by atoms with E-state index in [2.05, 4.69) is 20.8 Å². The molecule has 5 amide bonds. The number of nitrogens with one attached hydrogen (secondary N) is 3. The van der Waals surface area contributed by atoms with Crippen molar-refractivity contribution in [3.8, 4) is 0 Å². The van der Waals surface area contributed by atoms with Gasteiger partial charge in [-0.25, -0.2) is 4.79 Å². The molecule has 62 heavy (non-hydrogen) atoms. The predicted octanol–water partition coefficient (Wildman–Crippen LogP) is 5.74. The van der Waals surface area contributed by atoms with E-state index in [-0.39, 0.29) is 74.9 Å². The maximum Gasteiger partial charge on any atom is 0.319 e. The average Bonchev–Trinajstić information content (AvgIpc) is 3.85. The molecular weight excluding hydrogens is 811 g/mol. The average molecular weight is 864 g/mol. The van der Waals surface area contributed by atoms with Gasteiger partial charge in [-0.2, -0.15) is 18.6 Å². The van der Waals surface area contributed by atoms with Crippen LogP contribution in [0.3, 0.4) is 0 Å². The molecule has 0 spiro atoms. The molecule has 3 aliphatic rings. The van der Waals surface area contributed by atoms with Gasteiger partial charge in [0.1, 0.15) is 5.78 Å².